The molecule has 0 bridgehead atoms. The number of nitrogens with zero attached hydrogens (tertiary/aromatic N) is 2. The molecule has 0 amide bonds. The van der Waals surface area contributed by atoms with Gasteiger partial charge in [0.05, 0.1) is 9.82 Å². The summed E-state index contributed by atoms with van der Waals surface area (Å²) in [6, 6.07) is 8.87. The number of benzene rings is 2. The molecule has 160 valence electrons. The van der Waals surface area contributed by atoms with E-state index >= 15 is 0 Å². The second kappa shape index (κ2) is 9.31. The average Bonchev–Trinajstić information content (AvgIpc) is 2.73. The molecule has 0 atom stereocenters. The van der Waals surface area contributed by atoms with Crippen LogP contribution in [0.5, 0.6) is 5.75 Å². The maximum Gasteiger partial charge on any atom is 0.311 e. The van der Waals surface area contributed by atoms with Crippen LogP contribution in [0.2, 0.25) is 0 Å². The number of hydrogen-bond acceptors (Lipinski definition) is 6. The van der Waals surface area contributed by atoms with E-state index < -0.39 is 38.2 Å². The number of rotatable bonds is 7. The summed E-state index contributed by atoms with van der Waals surface area (Å²) in [6.07, 6.45) is 2.86. The Labute approximate surface area is 173 Å². The predicted octanol–water partition coefficient (Wildman–Crippen LogP) is 3.45. The maximum atomic E-state index is 13.3. The summed E-state index contributed by atoms with van der Waals surface area (Å²) in [5.74, 6) is -1.96. The number of carbonyl (C=O) groups excluding carboxylic acids is 1. The number of esters is 1. The van der Waals surface area contributed by atoms with Crippen LogP contribution in [0.25, 0.3) is 0 Å². The van der Waals surface area contributed by atoms with Gasteiger partial charge in [0.25, 0.3) is 0 Å². The highest BCUT2D eigenvalue weighted by Gasteiger charge is 2.25. The number of halogens is 1. The summed E-state index contributed by atoms with van der Waals surface area (Å²) < 4.78 is 45.0. The molecule has 2 aromatic carbocycles. The van der Waals surface area contributed by atoms with Gasteiger partial charge in [-0.3, -0.25) is 14.9 Å². The molecule has 1 fully saturated rings. The van der Waals surface area contributed by atoms with Crippen LogP contribution in [0.3, 0.4) is 0 Å². The van der Waals surface area contributed by atoms with Gasteiger partial charge in [-0.25, -0.2) is 12.8 Å². The van der Waals surface area contributed by atoms with Gasteiger partial charge in [-0.1, -0.05) is 18.6 Å². The molecule has 8 nitrogen and oxygen atoms in total. The predicted molar refractivity (Wildman–Crippen MR) is 106 cm³/mol. The van der Waals surface area contributed by atoms with E-state index in [-0.39, 0.29) is 17.7 Å². The number of sulfonamides is 1. The van der Waals surface area contributed by atoms with Crippen molar-refractivity contribution in [1.82, 2.24) is 4.31 Å². The van der Waals surface area contributed by atoms with Gasteiger partial charge in [-0.2, -0.15) is 4.31 Å². The molecule has 1 aliphatic rings. The van der Waals surface area contributed by atoms with E-state index in [0.717, 1.165) is 37.5 Å². The Hall–Kier alpha value is -2.85. The Kier molecular flexibility index (Phi) is 6.78. The monoisotopic (exact) mass is 436 g/mol. The van der Waals surface area contributed by atoms with E-state index in [0.29, 0.717) is 18.7 Å². The van der Waals surface area contributed by atoms with E-state index in [1.807, 2.05) is 0 Å². The van der Waals surface area contributed by atoms with Crippen molar-refractivity contribution in [2.24, 2.45) is 0 Å². The van der Waals surface area contributed by atoms with Crippen LogP contribution in [0.1, 0.15) is 31.2 Å². The molecule has 1 heterocycles. The van der Waals surface area contributed by atoms with Gasteiger partial charge in [-0.05, 0) is 43.0 Å². The Morgan fingerprint density at radius 1 is 1.10 bits per heavy atom. The van der Waals surface area contributed by atoms with Gasteiger partial charge in [0.15, 0.2) is 0 Å². The van der Waals surface area contributed by atoms with Gasteiger partial charge in [0, 0.05) is 31.6 Å². The smallest absolute Gasteiger partial charge is 0.311 e. The Bertz CT molecular complexity index is 1030. The maximum absolute atomic E-state index is 13.3. The highest BCUT2D eigenvalue weighted by atomic mass is 32.2. The summed E-state index contributed by atoms with van der Waals surface area (Å²) in [4.78, 5) is 22.4. The van der Waals surface area contributed by atoms with E-state index in [9.17, 15) is 27.7 Å². The number of hydrogen-bond donors (Lipinski definition) is 0. The molecular weight excluding hydrogens is 415 g/mol. The minimum atomic E-state index is -3.53. The molecule has 30 heavy (non-hydrogen) atoms. The first kappa shape index (κ1) is 21.8. The Morgan fingerprint density at radius 2 is 1.77 bits per heavy atom. The summed E-state index contributed by atoms with van der Waals surface area (Å²) in [5, 5.41) is 11.0. The number of aryl methyl sites for hydroxylation is 1. The zero-order valence-electron chi connectivity index (χ0n) is 16.1. The topological polar surface area (TPSA) is 107 Å². The molecule has 0 aromatic heterocycles. The Balaban J connectivity index is 1.61. The number of nitro groups is 1. The third-order valence-corrected chi connectivity index (χ3v) is 6.75. The summed E-state index contributed by atoms with van der Waals surface area (Å²) in [5.41, 5.74) is 0.204. The summed E-state index contributed by atoms with van der Waals surface area (Å²) >= 11 is 0. The van der Waals surface area contributed by atoms with E-state index in [1.165, 1.54) is 16.4 Å². The van der Waals surface area contributed by atoms with Crippen molar-refractivity contribution < 1.29 is 27.3 Å². The molecule has 3 rings (SSSR count). The van der Waals surface area contributed by atoms with Crippen molar-refractivity contribution >= 4 is 21.7 Å². The first-order chi connectivity index (χ1) is 14.3. The van der Waals surface area contributed by atoms with E-state index in [2.05, 4.69) is 0 Å². The molecule has 0 radical (unpaired) electrons. The fourth-order valence-corrected chi connectivity index (χ4v) is 4.74. The van der Waals surface area contributed by atoms with Crippen molar-refractivity contribution in [3.63, 3.8) is 0 Å². The third kappa shape index (κ3) is 5.19. The highest BCUT2D eigenvalue weighted by molar-refractivity contribution is 7.89. The molecular formula is C20H21FN2O6S. The summed E-state index contributed by atoms with van der Waals surface area (Å²) in [6.45, 7) is 1.03. The largest absolute Gasteiger partial charge is 0.419 e. The minimum absolute atomic E-state index is 0.105. The van der Waals surface area contributed by atoms with Crippen LogP contribution >= 0.6 is 0 Å². The molecule has 0 aliphatic carbocycles. The summed E-state index contributed by atoms with van der Waals surface area (Å²) in [7, 11) is -3.53. The number of ether oxygens (including phenoxy) is 1. The van der Waals surface area contributed by atoms with Gasteiger partial charge in [0.2, 0.25) is 15.8 Å². The SMILES string of the molecule is O=C(CCc1ccc(S(=O)(=O)N2CCCCC2)cc1)Oc1cc(F)ccc1[N+](=O)[O-]. The first-order valence-electron chi connectivity index (χ1n) is 9.51. The lowest BCUT2D eigenvalue weighted by Gasteiger charge is -2.25. The number of carbonyl (C=O) groups is 1. The number of piperidine rings is 1. The van der Waals surface area contributed by atoms with Crippen LogP contribution in [-0.4, -0.2) is 36.7 Å². The fraction of sp³-hybridized carbons (Fsp3) is 0.350. The molecule has 10 heteroatoms. The first-order valence-corrected chi connectivity index (χ1v) is 10.9. The van der Waals surface area contributed by atoms with Crippen LogP contribution < -0.4 is 4.74 Å². The van der Waals surface area contributed by atoms with Crippen molar-refractivity contribution in [2.45, 2.75) is 37.0 Å². The van der Waals surface area contributed by atoms with Crippen molar-refractivity contribution in [1.29, 1.82) is 0 Å². The average molecular weight is 436 g/mol. The van der Waals surface area contributed by atoms with E-state index in [1.54, 1.807) is 12.1 Å². The van der Waals surface area contributed by atoms with E-state index in [4.69, 9.17) is 4.74 Å². The lowest BCUT2D eigenvalue weighted by molar-refractivity contribution is -0.385. The molecule has 0 unspecified atom stereocenters. The minimum Gasteiger partial charge on any atom is -0.419 e. The molecule has 0 spiro atoms. The van der Waals surface area contributed by atoms with Crippen molar-refractivity contribution in [3.8, 4) is 5.75 Å². The molecule has 1 saturated heterocycles. The molecule has 1 aliphatic heterocycles. The van der Waals surface area contributed by atoms with Crippen molar-refractivity contribution in [2.75, 3.05) is 13.1 Å². The lowest BCUT2D eigenvalue weighted by atomic mass is 10.1. The zero-order chi connectivity index (χ0) is 21.7. The fourth-order valence-electron chi connectivity index (χ4n) is 3.22. The quantitative estimate of drug-likeness (QED) is 0.285. The highest BCUT2D eigenvalue weighted by Crippen LogP contribution is 2.28. The standard InChI is InChI=1S/C20H21FN2O6S/c21-16-7-10-18(23(25)26)19(14-16)29-20(24)11-6-15-4-8-17(9-5-15)30(27,28)22-12-2-1-3-13-22/h4-5,7-10,14H,1-3,6,11-13H2. The Morgan fingerprint density at radius 3 is 2.40 bits per heavy atom. The van der Waals surface area contributed by atoms with Gasteiger partial charge < -0.3 is 4.74 Å². The number of nitro benzene ring substituents is 1. The van der Waals surface area contributed by atoms with Gasteiger partial charge in [-0.15, -0.1) is 0 Å². The van der Waals surface area contributed by atoms with Crippen LogP contribution in [-0.2, 0) is 21.2 Å². The second-order valence-electron chi connectivity index (χ2n) is 6.95. The van der Waals surface area contributed by atoms with Gasteiger partial charge >= 0.3 is 11.7 Å². The zero-order valence-corrected chi connectivity index (χ0v) is 16.9. The van der Waals surface area contributed by atoms with Crippen LogP contribution in [0.15, 0.2) is 47.4 Å². The van der Waals surface area contributed by atoms with Gasteiger partial charge in [0.1, 0.15) is 5.82 Å². The van der Waals surface area contributed by atoms with Crippen molar-refractivity contribution in [3.05, 3.63) is 64.0 Å². The molecule has 0 saturated carbocycles. The molecule has 0 N–H and O–H groups in total. The second-order valence-corrected chi connectivity index (χ2v) is 8.89. The normalized spacial score (nSPS) is 15.0. The third-order valence-electron chi connectivity index (χ3n) is 4.84. The van der Waals surface area contributed by atoms with Crippen LogP contribution in [0.4, 0.5) is 10.1 Å². The lowest BCUT2D eigenvalue weighted by Crippen LogP contribution is -2.35. The molecule has 2 aromatic rings. The van der Waals surface area contributed by atoms with Crippen LogP contribution in [0, 0.1) is 15.9 Å².